The van der Waals surface area contributed by atoms with Gasteiger partial charge >= 0.3 is 0 Å². The molecule has 1 aliphatic heterocycles. The zero-order chi connectivity index (χ0) is 13.0. The van der Waals surface area contributed by atoms with E-state index >= 15 is 0 Å². The quantitative estimate of drug-likeness (QED) is 0.738. The van der Waals surface area contributed by atoms with Gasteiger partial charge in [-0.15, -0.1) is 0 Å². The summed E-state index contributed by atoms with van der Waals surface area (Å²) in [6.45, 7) is 2.33. The van der Waals surface area contributed by atoms with Crippen molar-refractivity contribution in [3.05, 3.63) is 18.5 Å². The molecule has 18 heavy (non-hydrogen) atoms. The molecular formula is C12H20N4O2. The van der Waals surface area contributed by atoms with E-state index in [0.717, 1.165) is 6.54 Å². The van der Waals surface area contributed by atoms with Gasteiger partial charge in [0.1, 0.15) is 0 Å². The molecule has 1 fully saturated rings. The Balaban J connectivity index is 1.77. The van der Waals surface area contributed by atoms with Gasteiger partial charge in [0, 0.05) is 39.0 Å². The van der Waals surface area contributed by atoms with Gasteiger partial charge in [0.2, 0.25) is 5.91 Å². The summed E-state index contributed by atoms with van der Waals surface area (Å²) in [5.74, 6) is 0.0332. The summed E-state index contributed by atoms with van der Waals surface area (Å²) < 4.78 is 1.73. The molecule has 1 amide bonds. The number of nitrogens with zero attached hydrogens (tertiary/aromatic N) is 3. The maximum absolute atomic E-state index is 11.9. The van der Waals surface area contributed by atoms with Gasteiger partial charge in [-0.25, -0.2) is 0 Å². The number of rotatable bonds is 5. The summed E-state index contributed by atoms with van der Waals surface area (Å²) >= 11 is 0. The highest BCUT2D eigenvalue weighted by Crippen LogP contribution is 2.15. The van der Waals surface area contributed by atoms with Crippen LogP contribution in [0.25, 0.3) is 0 Å². The molecule has 6 nitrogen and oxygen atoms in total. The lowest BCUT2D eigenvalue weighted by molar-refractivity contribution is -0.133. The molecule has 1 atom stereocenters. The number of aromatic nitrogens is 2. The van der Waals surface area contributed by atoms with Crippen molar-refractivity contribution >= 4 is 5.91 Å². The fourth-order valence-electron chi connectivity index (χ4n) is 2.23. The first-order valence-electron chi connectivity index (χ1n) is 6.24. The second-order valence-corrected chi connectivity index (χ2v) is 4.92. The fourth-order valence-corrected chi connectivity index (χ4v) is 2.23. The molecule has 0 aromatic carbocycles. The number of nitrogens with one attached hydrogen (secondary N) is 1. The van der Waals surface area contributed by atoms with E-state index in [1.54, 1.807) is 22.8 Å². The Kier molecular flexibility index (Phi) is 3.98. The van der Waals surface area contributed by atoms with Crippen molar-refractivity contribution in [3.8, 4) is 0 Å². The summed E-state index contributed by atoms with van der Waals surface area (Å²) in [5, 5.41) is 17.3. The average molecular weight is 252 g/mol. The number of β-amino-alcohol motifs (C(OH)–C–C–N with tert-alkyl or cyclic N) is 1. The standard InChI is InChI=1S/C12H20N4O2/c1-15(10-12(18)4-6-13-9-12)11(17)3-8-16-7-2-5-14-16/h2,5,7,13,18H,3-4,6,8-10H2,1H3. The van der Waals surface area contributed by atoms with Crippen molar-refractivity contribution in [3.63, 3.8) is 0 Å². The maximum Gasteiger partial charge on any atom is 0.224 e. The molecule has 2 heterocycles. The largest absolute Gasteiger partial charge is 0.387 e. The predicted molar refractivity (Wildman–Crippen MR) is 66.9 cm³/mol. The molecule has 2 rings (SSSR count). The van der Waals surface area contributed by atoms with Crippen molar-refractivity contribution in [1.29, 1.82) is 0 Å². The first kappa shape index (κ1) is 13.0. The molecule has 1 unspecified atom stereocenters. The lowest BCUT2D eigenvalue weighted by atomic mass is 10.0. The number of hydrogen-bond donors (Lipinski definition) is 2. The zero-order valence-electron chi connectivity index (χ0n) is 10.7. The van der Waals surface area contributed by atoms with E-state index in [-0.39, 0.29) is 5.91 Å². The Morgan fingerprint density at radius 3 is 3.11 bits per heavy atom. The minimum atomic E-state index is -0.768. The molecule has 0 bridgehead atoms. The number of carbonyl (C=O) groups excluding carboxylic acids is 1. The number of hydrogen-bond acceptors (Lipinski definition) is 4. The third-order valence-corrected chi connectivity index (χ3v) is 3.29. The molecule has 1 aliphatic rings. The highest BCUT2D eigenvalue weighted by molar-refractivity contribution is 5.75. The lowest BCUT2D eigenvalue weighted by Gasteiger charge is -2.28. The molecule has 0 radical (unpaired) electrons. The molecule has 0 saturated carbocycles. The van der Waals surface area contributed by atoms with Crippen LogP contribution in [0.1, 0.15) is 12.8 Å². The Bertz CT molecular complexity index is 385. The number of aliphatic hydroxyl groups is 1. The molecule has 1 aromatic heterocycles. The van der Waals surface area contributed by atoms with Crippen LogP contribution < -0.4 is 5.32 Å². The molecule has 1 saturated heterocycles. The zero-order valence-corrected chi connectivity index (χ0v) is 10.7. The molecule has 6 heteroatoms. The molecule has 100 valence electrons. The van der Waals surface area contributed by atoms with Crippen molar-refractivity contribution in [1.82, 2.24) is 20.0 Å². The summed E-state index contributed by atoms with van der Waals surface area (Å²) in [6, 6.07) is 1.83. The van der Waals surface area contributed by atoms with E-state index < -0.39 is 5.60 Å². The summed E-state index contributed by atoms with van der Waals surface area (Å²) in [6.07, 6.45) is 4.63. The van der Waals surface area contributed by atoms with Gasteiger partial charge in [0.05, 0.1) is 12.1 Å². The van der Waals surface area contributed by atoms with Gasteiger partial charge in [-0.05, 0) is 19.0 Å². The second kappa shape index (κ2) is 5.49. The van der Waals surface area contributed by atoms with Crippen LogP contribution in [0.2, 0.25) is 0 Å². The monoisotopic (exact) mass is 252 g/mol. The van der Waals surface area contributed by atoms with Crippen LogP contribution in [0, 0.1) is 0 Å². The van der Waals surface area contributed by atoms with Crippen LogP contribution in [0.4, 0.5) is 0 Å². The highest BCUT2D eigenvalue weighted by atomic mass is 16.3. The SMILES string of the molecule is CN(CC1(O)CCNC1)C(=O)CCn1cccn1. The van der Waals surface area contributed by atoms with E-state index in [1.165, 1.54) is 0 Å². The van der Waals surface area contributed by atoms with Crippen LogP contribution in [0.3, 0.4) is 0 Å². The molecule has 0 spiro atoms. The minimum Gasteiger partial charge on any atom is -0.387 e. The van der Waals surface area contributed by atoms with Gasteiger partial charge < -0.3 is 15.3 Å². The van der Waals surface area contributed by atoms with E-state index in [2.05, 4.69) is 10.4 Å². The van der Waals surface area contributed by atoms with Gasteiger partial charge in [-0.1, -0.05) is 0 Å². The molecular weight excluding hydrogens is 232 g/mol. The number of amides is 1. The van der Waals surface area contributed by atoms with E-state index in [4.69, 9.17) is 0 Å². The van der Waals surface area contributed by atoms with E-state index in [9.17, 15) is 9.90 Å². The summed E-state index contributed by atoms with van der Waals surface area (Å²) in [5.41, 5.74) is -0.768. The topological polar surface area (TPSA) is 70.4 Å². The smallest absolute Gasteiger partial charge is 0.224 e. The van der Waals surface area contributed by atoms with E-state index in [0.29, 0.717) is 32.5 Å². The van der Waals surface area contributed by atoms with Crippen LogP contribution >= 0.6 is 0 Å². The average Bonchev–Trinajstić information content (AvgIpc) is 2.97. The third kappa shape index (κ3) is 3.30. The van der Waals surface area contributed by atoms with Gasteiger partial charge in [0.25, 0.3) is 0 Å². The molecule has 2 N–H and O–H groups in total. The number of carbonyl (C=O) groups is 1. The van der Waals surface area contributed by atoms with Crippen molar-refractivity contribution in [2.45, 2.75) is 25.0 Å². The Morgan fingerprint density at radius 1 is 1.67 bits per heavy atom. The Labute approximate surface area is 107 Å². The maximum atomic E-state index is 11.9. The summed E-state index contributed by atoms with van der Waals surface area (Å²) in [4.78, 5) is 13.5. The first-order chi connectivity index (χ1) is 8.59. The van der Waals surface area contributed by atoms with Crippen molar-refractivity contribution in [2.24, 2.45) is 0 Å². The van der Waals surface area contributed by atoms with Crippen LogP contribution in [0.5, 0.6) is 0 Å². The van der Waals surface area contributed by atoms with Gasteiger partial charge in [-0.3, -0.25) is 9.48 Å². The number of likely N-dealkylation sites (N-methyl/N-ethyl adjacent to an activating group) is 1. The molecule has 1 aromatic rings. The fraction of sp³-hybridized carbons (Fsp3) is 0.667. The minimum absolute atomic E-state index is 0.0332. The highest BCUT2D eigenvalue weighted by Gasteiger charge is 2.33. The van der Waals surface area contributed by atoms with Crippen molar-refractivity contribution < 1.29 is 9.90 Å². The van der Waals surface area contributed by atoms with Crippen LogP contribution in [-0.2, 0) is 11.3 Å². The van der Waals surface area contributed by atoms with Crippen LogP contribution in [-0.4, -0.2) is 58.0 Å². The van der Waals surface area contributed by atoms with Crippen LogP contribution in [0.15, 0.2) is 18.5 Å². The lowest BCUT2D eigenvalue weighted by Crippen LogP contribution is -2.45. The Morgan fingerprint density at radius 2 is 2.50 bits per heavy atom. The number of aryl methyl sites for hydroxylation is 1. The van der Waals surface area contributed by atoms with Gasteiger partial charge in [-0.2, -0.15) is 5.10 Å². The Hall–Kier alpha value is -1.40. The third-order valence-electron chi connectivity index (χ3n) is 3.29. The molecule has 0 aliphatic carbocycles. The second-order valence-electron chi connectivity index (χ2n) is 4.92. The predicted octanol–water partition coefficient (Wildman–Crippen LogP) is -0.544. The van der Waals surface area contributed by atoms with Gasteiger partial charge in [0.15, 0.2) is 0 Å². The summed E-state index contributed by atoms with van der Waals surface area (Å²) in [7, 11) is 1.74. The van der Waals surface area contributed by atoms with E-state index in [1.807, 2.05) is 12.3 Å². The first-order valence-corrected chi connectivity index (χ1v) is 6.24. The normalized spacial score (nSPS) is 23.2. The van der Waals surface area contributed by atoms with Crippen molar-refractivity contribution in [2.75, 3.05) is 26.7 Å².